The molecule has 0 amide bonds. The number of aliphatic carboxylic acids is 1. The van der Waals surface area contributed by atoms with Crippen molar-refractivity contribution in [3.63, 3.8) is 0 Å². The highest BCUT2D eigenvalue weighted by Gasteiger charge is 2.20. The summed E-state index contributed by atoms with van der Waals surface area (Å²) in [5.74, 6) is -1.83. The molecule has 0 aliphatic rings. The Labute approximate surface area is 78.5 Å². The Bertz CT molecular complexity index is 166. The Kier molecular flexibility index (Phi) is 5.94. The van der Waals surface area contributed by atoms with Crippen LogP contribution in [-0.2, 0) is 4.79 Å². The summed E-state index contributed by atoms with van der Waals surface area (Å²) in [6.07, 6.45) is -5.14. The van der Waals surface area contributed by atoms with Gasteiger partial charge >= 0.3 is 5.97 Å². The van der Waals surface area contributed by atoms with E-state index in [0.29, 0.717) is 0 Å². The molecule has 0 spiro atoms. The van der Waals surface area contributed by atoms with E-state index in [2.05, 4.69) is 0 Å². The van der Waals surface area contributed by atoms with Crippen molar-refractivity contribution in [2.24, 2.45) is 5.92 Å². The first-order valence-electron chi connectivity index (χ1n) is 3.68. The molecule has 0 saturated carbocycles. The Morgan fingerprint density at radius 2 is 1.92 bits per heavy atom. The summed E-state index contributed by atoms with van der Waals surface area (Å²) in [4.78, 5) is 10.3. The number of thioether (sulfide) groups is 1. The zero-order valence-electron chi connectivity index (χ0n) is 7.04. The molecular formula is C7H11F3O2S. The maximum Gasteiger partial charge on any atom is 0.307 e. The Morgan fingerprint density at radius 1 is 1.38 bits per heavy atom. The average molecular weight is 216 g/mol. The number of carbonyl (C=O) groups is 1. The van der Waals surface area contributed by atoms with Crippen LogP contribution in [0, 0.1) is 5.92 Å². The van der Waals surface area contributed by atoms with Crippen molar-refractivity contribution in [2.45, 2.75) is 19.5 Å². The first-order chi connectivity index (χ1) is 5.95. The summed E-state index contributed by atoms with van der Waals surface area (Å²) in [6, 6.07) is 0. The van der Waals surface area contributed by atoms with Gasteiger partial charge in [0.2, 0.25) is 0 Å². The third-order valence-electron chi connectivity index (χ3n) is 1.34. The van der Waals surface area contributed by atoms with E-state index in [1.54, 1.807) is 0 Å². The Hall–Kier alpha value is -0.390. The number of carboxylic acid groups (broad SMARTS) is 1. The smallest absolute Gasteiger partial charge is 0.307 e. The van der Waals surface area contributed by atoms with Crippen molar-refractivity contribution in [3.05, 3.63) is 0 Å². The average Bonchev–Trinajstić information content (AvgIpc) is 2.03. The predicted molar refractivity (Wildman–Crippen MR) is 45.0 cm³/mol. The third kappa shape index (κ3) is 5.79. The number of rotatable bonds is 6. The Morgan fingerprint density at radius 3 is 2.31 bits per heavy atom. The van der Waals surface area contributed by atoms with Crippen LogP contribution in [0.4, 0.5) is 13.2 Å². The fourth-order valence-electron chi connectivity index (χ4n) is 0.501. The van der Waals surface area contributed by atoms with E-state index in [0.717, 1.165) is 11.8 Å². The van der Waals surface area contributed by atoms with Crippen molar-refractivity contribution in [2.75, 3.05) is 11.5 Å². The summed E-state index contributed by atoms with van der Waals surface area (Å²) in [7, 11) is 0. The number of halogens is 3. The van der Waals surface area contributed by atoms with Gasteiger partial charge in [0, 0.05) is 11.5 Å². The van der Waals surface area contributed by atoms with Crippen LogP contribution in [-0.4, -0.2) is 35.2 Å². The van der Waals surface area contributed by atoms with Crippen LogP contribution in [0.15, 0.2) is 0 Å². The maximum absolute atomic E-state index is 12.3. The van der Waals surface area contributed by atoms with Crippen LogP contribution in [0.1, 0.15) is 6.92 Å². The molecule has 6 heteroatoms. The van der Waals surface area contributed by atoms with Crippen LogP contribution in [0.3, 0.4) is 0 Å². The Balaban J connectivity index is 3.50. The van der Waals surface area contributed by atoms with Gasteiger partial charge in [0.25, 0.3) is 6.43 Å². The summed E-state index contributed by atoms with van der Waals surface area (Å²) in [6.45, 7) is 1.45. The number of hydrogen-bond acceptors (Lipinski definition) is 2. The lowest BCUT2D eigenvalue weighted by Crippen LogP contribution is -2.17. The molecule has 78 valence electrons. The van der Waals surface area contributed by atoms with Gasteiger partial charge in [-0.05, 0) is 0 Å². The molecule has 0 bridgehead atoms. The van der Waals surface area contributed by atoms with Gasteiger partial charge in [0.05, 0.1) is 5.92 Å². The van der Waals surface area contributed by atoms with E-state index in [9.17, 15) is 18.0 Å². The second kappa shape index (κ2) is 6.12. The molecule has 0 rings (SSSR count). The second-order valence-corrected chi connectivity index (χ2v) is 3.70. The minimum absolute atomic E-state index is 0.155. The number of carboxylic acids is 1. The van der Waals surface area contributed by atoms with Crippen LogP contribution in [0.25, 0.3) is 0 Å². The SMILES string of the molecule is CC(CSCC(F)C(F)F)C(=O)O. The molecule has 0 heterocycles. The number of hydrogen-bond donors (Lipinski definition) is 1. The maximum atomic E-state index is 12.3. The van der Waals surface area contributed by atoms with E-state index < -0.39 is 24.5 Å². The van der Waals surface area contributed by atoms with Crippen LogP contribution < -0.4 is 0 Å². The lowest BCUT2D eigenvalue weighted by molar-refractivity contribution is -0.140. The summed E-state index contributed by atoms with van der Waals surface area (Å²) < 4.78 is 35.5. The summed E-state index contributed by atoms with van der Waals surface area (Å²) in [5.41, 5.74) is 0. The van der Waals surface area contributed by atoms with Gasteiger partial charge in [-0.3, -0.25) is 4.79 Å². The van der Waals surface area contributed by atoms with Crippen LogP contribution in [0.5, 0.6) is 0 Å². The molecule has 0 aliphatic carbocycles. The van der Waals surface area contributed by atoms with E-state index in [1.165, 1.54) is 6.92 Å². The van der Waals surface area contributed by atoms with E-state index in [4.69, 9.17) is 5.11 Å². The molecular weight excluding hydrogens is 205 g/mol. The molecule has 13 heavy (non-hydrogen) atoms. The van der Waals surface area contributed by atoms with Crippen molar-refractivity contribution in [1.82, 2.24) is 0 Å². The quantitative estimate of drug-likeness (QED) is 0.738. The van der Waals surface area contributed by atoms with Gasteiger partial charge in [-0.25, -0.2) is 13.2 Å². The highest BCUT2D eigenvalue weighted by atomic mass is 32.2. The standard InChI is InChI=1S/C7H11F3O2S/c1-4(7(11)12)2-13-3-5(8)6(9)10/h4-6H,2-3H2,1H3,(H,11,12). The predicted octanol–water partition coefficient (Wildman–Crippen LogP) is 2.04. The molecule has 0 aromatic carbocycles. The molecule has 0 radical (unpaired) electrons. The minimum Gasteiger partial charge on any atom is -0.481 e. The van der Waals surface area contributed by atoms with Gasteiger partial charge in [-0.15, -0.1) is 0 Å². The summed E-state index contributed by atoms with van der Waals surface area (Å²) in [5, 5.41) is 8.40. The van der Waals surface area contributed by atoms with Crippen molar-refractivity contribution < 1.29 is 23.1 Å². The third-order valence-corrected chi connectivity index (χ3v) is 2.63. The van der Waals surface area contributed by atoms with Crippen LogP contribution in [0.2, 0.25) is 0 Å². The van der Waals surface area contributed by atoms with E-state index in [-0.39, 0.29) is 11.5 Å². The van der Waals surface area contributed by atoms with Gasteiger partial charge in [-0.2, -0.15) is 11.8 Å². The van der Waals surface area contributed by atoms with Crippen molar-refractivity contribution in [1.29, 1.82) is 0 Å². The minimum atomic E-state index is -2.98. The molecule has 1 N–H and O–H groups in total. The van der Waals surface area contributed by atoms with Crippen molar-refractivity contribution in [3.8, 4) is 0 Å². The fourth-order valence-corrected chi connectivity index (χ4v) is 1.50. The van der Waals surface area contributed by atoms with E-state index >= 15 is 0 Å². The molecule has 2 unspecified atom stereocenters. The topological polar surface area (TPSA) is 37.3 Å². The lowest BCUT2D eigenvalue weighted by Gasteiger charge is -2.08. The molecule has 2 nitrogen and oxygen atoms in total. The zero-order valence-corrected chi connectivity index (χ0v) is 7.86. The highest BCUT2D eigenvalue weighted by Crippen LogP contribution is 2.15. The van der Waals surface area contributed by atoms with Gasteiger partial charge in [-0.1, -0.05) is 6.92 Å². The van der Waals surface area contributed by atoms with Gasteiger partial charge in [0.15, 0.2) is 6.17 Å². The second-order valence-electron chi connectivity index (χ2n) is 2.63. The molecule has 0 fully saturated rings. The molecule has 0 aliphatic heterocycles. The largest absolute Gasteiger partial charge is 0.481 e. The first-order valence-corrected chi connectivity index (χ1v) is 4.83. The highest BCUT2D eigenvalue weighted by molar-refractivity contribution is 7.99. The normalized spacial score (nSPS) is 15.8. The first kappa shape index (κ1) is 12.6. The molecule has 0 saturated heterocycles. The molecule has 2 atom stereocenters. The van der Waals surface area contributed by atoms with Gasteiger partial charge < -0.3 is 5.11 Å². The lowest BCUT2D eigenvalue weighted by atomic mass is 10.2. The summed E-state index contributed by atoms with van der Waals surface area (Å²) >= 11 is 0.890. The number of alkyl halides is 3. The monoisotopic (exact) mass is 216 g/mol. The molecule has 0 aromatic heterocycles. The van der Waals surface area contributed by atoms with Crippen LogP contribution >= 0.6 is 11.8 Å². The van der Waals surface area contributed by atoms with Crippen molar-refractivity contribution >= 4 is 17.7 Å². The van der Waals surface area contributed by atoms with E-state index in [1.807, 2.05) is 0 Å². The fraction of sp³-hybridized carbons (Fsp3) is 0.857. The zero-order chi connectivity index (χ0) is 10.4. The van der Waals surface area contributed by atoms with Gasteiger partial charge in [0.1, 0.15) is 0 Å². The molecule has 0 aromatic rings.